The van der Waals surface area contributed by atoms with Crippen LogP contribution in [0.1, 0.15) is 16.6 Å². The smallest absolute Gasteiger partial charge is 0.263 e. The molecule has 0 saturated carbocycles. The summed E-state index contributed by atoms with van der Waals surface area (Å²) in [5.74, 6) is -0.279. The third kappa shape index (κ3) is 3.64. The average molecular weight is 289 g/mol. The molecule has 2 amide bonds. The van der Waals surface area contributed by atoms with Gasteiger partial charge in [0.2, 0.25) is 5.91 Å². The largest absolute Gasteiger partial charge is 0.355 e. The van der Waals surface area contributed by atoms with Gasteiger partial charge >= 0.3 is 0 Å². The van der Waals surface area contributed by atoms with Crippen LogP contribution in [0, 0.1) is 0 Å². The van der Waals surface area contributed by atoms with E-state index in [0.29, 0.717) is 23.7 Å². The average Bonchev–Trinajstić information content (AvgIpc) is 2.93. The van der Waals surface area contributed by atoms with Crippen LogP contribution in [-0.4, -0.2) is 29.9 Å². The molecule has 2 rings (SSSR count). The molecule has 5 nitrogen and oxygen atoms in total. The molecule has 0 saturated heterocycles. The second kappa shape index (κ2) is 6.81. The third-order valence-electron chi connectivity index (χ3n) is 2.61. The van der Waals surface area contributed by atoms with Gasteiger partial charge in [0.25, 0.3) is 5.91 Å². The molecule has 2 N–H and O–H groups in total. The molecule has 6 heteroatoms. The molecule has 0 fully saturated rings. The molecule has 20 heavy (non-hydrogen) atoms. The summed E-state index contributed by atoms with van der Waals surface area (Å²) in [6.07, 6.45) is 0. The van der Waals surface area contributed by atoms with Gasteiger partial charge in [-0.25, -0.2) is 4.98 Å². The maximum absolute atomic E-state index is 12.1. The first-order valence-corrected chi connectivity index (χ1v) is 7.08. The van der Waals surface area contributed by atoms with Crippen LogP contribution in [0.3, 0.4) is 0 Å². The molecule has 0 bridgehead atoms. The number of carbonyl (C=O) groups is 2. The van der Waals surface area contributed by atoms with Crippen molar-refractivity contribution < 1.29 is 9.59 Å². The van der Waals surface area contributed by atoms with Crippen LogP contribution in [0.4, 0.5) is 0 Å². The second-order valence-electron chi connectivity index (χ2n) is 4.13. The van der Waals surface area contributed by atoms with E-state index in [2.05, 4.69) is 15.6 Å². The van der Waals surface area contributed by atoms with Crippen LogP contribution < -0.4 is 10.6 Å². The van der Waals surface area contributed by atoms with Crippen molar-refractivity contribution in [1.82, 2.24) is 15.6 Å². The molecule has 0 aliphatic rings. The fourth-order valence-electron chi connectivity index (χ4n) is 1.70. The topological polar surface area (TPSA) is 71.1 Å². The second-order valence-corrected chi connectivity index (χ2v) is 4.99. The molecular formula is C14H15N3O2S. The number of amides is 2. The molecule has 0 aliphatic carbocycles. The Hall–Kier alpha value is -2.21. The van der Waals surface area contributed by atoms with Crippen molar-refractivity contribution >= 4 is 23.2 Å². The van der Waals surface area contributed by atoms with Gasteiger partial charge in [0.15, 0.2) is 0 Å². The molecule has 0 aliphatic heterocycles. The SMILES string of the molecule is CC(=O)NCCNC(=O)c1scnc1-c1ccccc1. The van der Waals surface area contributed by atoms with E-state index in [4.69, 9.17) is 0 Å². The Balaban J connectivity index is 2.01. The van der Waals surface area contributed by atoms with Gasteiger partial charge in [0, 0.05) is 25.6 Å². The summed E-state index contributed by atoms with van der Waals surface area (Å²) in [7, 11) is 0. The molecule has 2 aromatic rings. The zero-order valence-electron chi connectivity index (χ0n) is 11.1. The quantitative estimate of drug-likeness (QED) is 0.823. The van der Waals surface area contributed by atoms with E-state index in [-0.39, 0.29) is 11.8 Å². The van der Waals surface area contributed by atoms with Crippen LogP contribution in [-0.2, 0) is 4.79 Å². The van der Waals surface area contributed by atoms with Crippen molar-refractivity contribution in [3.05, 3.63) is 40.7 Å². The van der Waals surface area contributed by atoms with Crippen LogP contribution >= 0.6 is 11.3 Å². The van der Waals surface area contributed by atoms with Gasteiger partial charge in [-0.3, -0.25) is 9.59 Å². The lowest BCUT2D eigenvalue weighted by Gasteiger charge is -2.05. The monoisotopic (exact) mass is 289 g/mol. The number of aromatic nitrogens is 1. The van der Waals surface area contributed by atoms with Gasteiger partial charge in [0.1, 0.15) is 4.88 Å². The van der Waals surface area contributed by atoms with Gasteiger partial charge in [-0.05, 0) is 0 Å². The summed E-state index contributed by atoms with van der Waals surface area (Å²) in [4.78, 5) is 27.7. The first kappa shape index (κ1) is 14.2. The minimum absolute atomic E-state index is 0.109. The molecule has 1 heterocycles. The summed E-state index contributed by atoms with van der Waals surface area (Å²) in [6.45, 7) is 2.25. The predicted octanol–water partition coefficient (Wildman–Crippen LogP) is 1.68. The highest BCUT2D eigenvalue weighted by Gasteiger charge is 2.15. The lowest BCUT2D eigenvalue weighted by Crippen LogP contribution is -2.33. The molecule has 0 spiro atoms. The lowest BCUT2D eigenvalue weighted by atomic mass is 10.1. The molecule has 104 valence electrons. The standard InChI is InChI=1S/C14H15N3O2S/c1-10(18)15-7-8-16-14(19)13-12(17-9-20-13)11-5-3-2-4-6-11/h2-6,9H,7-8H2,1H3,(H,15,18)(H,16,19). The van der Waals surface area contributed by atoms with Crippen molar-refractivity contribution in [3.8, 4) is 11.3 Å². The Kier molecular flexibility index (Phi) is 4.84. The van der Waals surface area contributed by atoms with Crippen molar-refractivity contribution in [2.24, 2.45) is 0 Å². The number of carbonyl (C=O) groups excluding carboxylic acids is 2. The summed E-state index contributed by atoms with van der Waals surface area (Å²) in [5.41, 5.74) is 3.26. The number of benzene rings is 1. The van der Waals surface area contributed by atoms with E-state index in [1.165, 1.54) is 18.3 Å². The van der Waals surface area contributed by atoms with E-state index in [1.54, 1.807) is 5.51 Å². The first-order valence-electron chi connectivity index (χ1n) is 6.20. The van der Waals surface area contributed by atoms with Gasteiger partial charge in [-0.2, -0.15) is 0 Å². The molecular weight excluding hydrogens is 274 g/mol. The summed E-state index contributed by atoms with van der Waals surface area (Å²) >= 11 is 1.31. The maximum Gasteiger partial charge on any atom is 0.263 e. The highest BCUT2D eigenvalue weighted by molar-refractivity contribution is 7.12. The molecule has 1 aromatic carbocycles. The zero-order chi connectivity index (χ0) is 14.4. The highest BCUT2D eigenvalue weighted by atomic mass is 32.1. The number of thiazole rings is 1. The Morgan fingerprint density at radius 2 is 1.85 bits per heavy atom. The van der Waals surface area contributed by atoms with Gasteiger partial charge in [0.05, 0.1) is 11.2 Å². The van der Waals surface area contributed by atoms with Crippen LogP contribution in [0.25, 0.3) is 11.3 Å². The fraction of sp³-hybridized carbons (Fsp3) is 0.214. The molecule has 0 unspecified atom stereocenters. The van der Waals surface area contributed by atoms with E-state index < -0.39 is 0 Å². The minimum Gasteiger partial charge on any atom is -0.355 e. The Morgan fingerprint density at radius 3 is 2.55 bits per heavy atom. The Morgan fingerprint density at radius 1 is 1.15 bits per heavy atom. The van der Waals surface area contributed by atoms with Gasteiger partial charge < -0.3 is 10.6 Å². The van der Waals surface area contributed by atoms with E-state index >= 15 is 0 Å². The first-order chi connectivity index (χ1) is 9.68. The van der Waals surface area contributed by atoms with Gasteiger partial charge in [-0.1, -0.05) is 30.3 Å². The maximum atomic E-state index is 12.1. The lowest BCUT2D eigenvalue weighted by molar-refractivity contribution is -0.118. The van der Waals surface area contributed by atoms with Crippen molar-refractivity contribution in [2.75, 3.05) is 13.1 Å². The third-order valence-corrected chi connectivity index (χ3v) is 3.43. The Bertz CT molecular complexity index is 595. The molecule has 0 atom stereocenters. The summed E-state index contributed by atoms with van der Waals surface area (Å²) in [5, 5.41) is 5.39. The normalized spacial score (nSPS) is 10.1. The van der Waals surface area contributed by atoms with Crippen LogP contribution in [0.15, 0.2) is 35.8 Å². The van der Waals surface area contributed by atoms with Crippen molar-refractivity contribution in [3.63, 3.8) is 0 Å². The van der Waals surface area contributed by atoms with Gasteiger partial charge in [-0.15, -0.1) is 11.3 Å². The molecule has 0 radical (unpaired) electrons. The van der Waals surface area contributed by atoms with E-state index in [9.17, 15) is 9.59 Å². The number of hydrogen-bond acceptors (Lipinski definition) is 4. The van der Waals surface area contributed by atoms with E-state index in [0.717, 1.165) is 5.56 Å². The number of hydrogen-bond donors (Lipinski definition) is 2. The highest BCUT2D eigenvalue weighted by Crippen LogP contribution is 2.24. The predicted molar refractivity (Wildman–Crippen MR) is 78.6 cm³/mol. The minimum atomic E-state index is -0.170. The fourth-order valence-corrected chi connectivity index (χ4v) is 2.43. The van der Waals surface area contributed by atoms with E-state index in [1.807, 2.05) is 30.3 Å². The van der Waals surface area contributed by atoms with Crippen LogP contribution in [0.2, 0.25) is 0 Å². The summed E-state index contributed by atoms with van der Waals surface area (Å²) in [6, 6.07) is 9.58. The van der Waals surface area contributed by atoms with Crippen molar-refractivity contribution in [2.45, 2.75) is 6.92 Å². The zero-order valence-corrected chi connectivity index (χ0v) is 11.9. The molecule has 1 aromatic heterocycles. The number of nitrogens with one attached hydrogen (secondary N) is 2. The summed E-state index contributed by atoms with van der Waals surface area (Å²) < 4.78 is 0. The van der Waals surface area contributed by atoms with Crippen molar-refractivity contribution in [1.29, 1.82) is 0 Å². The number of rotatable bonds is 5. The number of nitrogens with zero attached hydrogens (tertiary/aromatic N) is 1. The van der Waals surface area contributed by atoms with Crippen LogP contribution in [0.5, 0.6) is 0 Å². The Labute approximate surface area is 121 Å².